The maximum Gasteiger partial charge on any atom is 0.0328 e. The van der Waals surface area contributed by atoms with Gasteiger partial charge < -0.3 is 0 Å². The van der Waals surface area contributed by atoms with Crippen LogP contribution in [0.5, 0.6) is 0 Å². The fraction of sp³-hybridized carbons (Fsp3) is 0.773. The van der Waals surface area contributed by atoms with Crippen LogP contribution in [0.25, 0.3) is 0 Å². The normalized spacial score (nSPS) is 10.8. The molecule has 146 valence electrons. The van der Waals surface area contributed by atoms with Gasteiger partial charge in [-0.05, 0) is 37.5 Å². The average molecular weight is 452 g/mol. The summed E-state index contributed by atoms with van der Waals surface area (Å²) in [5, 5.41) is 0. The van der Waals surface area contributed by atoms with Crippen molar-refractivity contribution in [3.05, 3.63) is 24.9 Å². The molecule has 0 aliphatic rings. The van der Waals surface area contributed by atoms with E-state index in [2.05, 4.69) is 52.8 Å². The molecule has 0 bridgehead atoms. The predicted octanol–water partition coefficient (Wildman–Crippen LogP) is 8.84. The first kappa shape index (κ1) is 31.6. The van der Waals surface area contributed by atoms with E-state index in [-0.39, 0.29) is 24.0 Å². The highest BCUT2D eigenvalue weighted by molar-refractivity contribution is 14.0. The summed E-state index contributed by atoms with van der Waals surface area (Å²) < 4.78 is 0. The van der Waals surface area contributed by atoms with E-state index in [1.807, 2.05) is 26.1 Å². The Labute approximate surface area is 171 Å². The van der Waals surface area contributed by atoms with E-state index in [1.165, 1.54) is 32.1 Å². The zero-order chi connectivity index (χ0) is 18.5. The largest absolute Gasteiger partial charge is 0.266 e. The number of unbranched alkanes of at least 4 members (excludes halogenated alkanes) is 2. The molecule has 0 aromatic rings. The molecule has 0 aromatic carbocycles. The van der Waals surface area contributed by atoms with Crippen LogP contribution < -0.4 is 0 Å². The molecule has 1 nitrogen and oxygen atoms in total. The van der Waals surface area contributed by atoms with Gasteiger partial charge in [0.25, 0.3) is 0 Å². The van der Waals surface area contributed by atoms with Crippen molar-refractivity contribution in [3.63, 3.8) is 0 Å². The third-order valence-electron chi connectivity index (χ3n) is 3.40. The second-order valence-corrected chi connectivity index (χ2v) is 6.18. The summed E-state index contributed by atoms with van der Waals surface area (Å²) in [5.41, 5.74) is 1.02. The molecule has 0 rings (SSSR count). The second kappa shape index (κ2) is 27.7. The monoisotopic (exact) mass is 451 g/mol. The van der Waals surface area contributed by atoms with Crippen molar-refractivity contribution < 1.29 is 0 Å². The lowest BCUT2D eigenvalue weighted by Gasteiger charge is -2.05. The molecule has 1 unspecified atom stereocenters. The molecular formula is C22H46IN. The molecule has 0 saturated carbocycles. The lowest BCUT2D eigenvalue weighted by Crippen LogP contribution is -1.98. The molecule has 24 heavy (non-hydrogen) atoms. The molecule has 0 aliphatic carbocycles. The Hall–Kier alpha value is -0.120. The van der Waals surface area contributed by atoms with E-state index >= 15 is 0 Å². The molecule has 2 heteroatoms. The highest BCUT2D eigenvalue weighted by Gasteiger charge is 1.99. The molecule has 1 atom stereocenters. The fourth-order valence-electron chi connectivity index (χ4n) is 1.98. The minimum Gasteiger partial charge on any atom is -0.266 e. The minimum absolute atomic E-state index is 0. The molecule has 0 aliphatic heterocycles. The van der Waals surface area contributed by atoms with Crippen LogP contribution in [0.1, 0.15) is 99.8 Å². The van der Waals surface area contributed by atoms with Crippen molar-refractivity contribution in [2.24, 2.45) is 16.8 Å². The van der Waals surface area contributed by atoms with Gasteiger partial charge in [0, 0.05) is 11.9 Å². The molecule has 0 N–H and O–H groups in total. The number of allylic oxidation sites excluding steroid dienone is 2. The summed E-state index contributed by atoms with van der Waals surface area (Å²) >= 11 is 0. The highest BCUT2D eigenvalue weighted by Crippen LogP contribution is 2.10. The number of rotatable bonds is 11. The van der Waals surface area contributed by atoms with Crippen LogP contribution in [0.2, 0.25) is 0 Å². The van der Waals surface area contributed by atoms with Crippen LogP contribution in [0.3, 0.4) is 0 Å². The van der Waals surface area contributed by atoms with Gasteiger partial charge in [-0.15, -0.1) is 30.6 Å². The number of aliphatic imine (C=N–C) groups is 1. The predicted molar refractivity (Wildman–Crippen MR) is 127 cm³/mol. The van der Waals surface area contributed by atoms with Crippen LogP contribution in [-0.4, -0.2) is 6.21 Å². The van der Waals surface area contributed by atoms with Crippen molar-refractivity contribution in [1.82, 2.24) is 0 Å². The van der Waals surface area contributed by atoms with Gasteiger partial charge in [-0.3, -0.25) is 4.99 Å². The summed E-state index contributed by atoms with van der Waals surface area (Å²) in [6, 6.07) is 0. The number of nitrogens with zero attached hydrogens (tertiary/aromatic N) is 1. The molecule has 0 heterocycles. The third-order valence-corrected chi connectivity index (χ3v) is 3.40. The van der Waals surface area contributed by atoms with Crippen molar-refractivity contribution in [1.29, 1.82) is 0 Å². The van der Waals surface area contributed by atoms with Crippen LogP contribution in [0, 0.1) is 11.8 Å². The molecule has 0 radical (unpaired) electrons. The van der Waals surface area contributed by atoms with E-state index in [0.29, 0.717) is 5.92 Å². The molecule has 0 amide bonds. The van der Waals surface area contributed by atoms with E-state index in [9.17, 15) is 0 Å². The Morgan fingerprint density at radius 1 is 1.04 bits per heavy atom. The number of hydrogen-bond acceptors (Lipinski definition) is 1. The highest BCUT2D eigenvalue weighted by atomic mass is 127. The van der Waals surface area contributed by atoms with Crippen LogP contribution in [0.15, 0.2) is 29.9 Å². The van der Waals surface area contributed by atoms with Crippen molar-refractivity contribution >= 4 is 30.2 Å². The Morgan fingerprint density at radius 3 is 1.96 bits per heavy atom. The first-order chi connectivity index (χ1) is 11.0. The van der Waals surface area contributed by atoms with Crippen LogP contribution >= 0.6 is 24.0 Å². The standard InChI is InChI=1S/C14H25N.C6H14.C2H6.HI/c1-5-8-9-11-13(4)15-12-14(7-3)10-6-2;1-4-5-6(2)3;1-2;/h6,12,14H,2,4-5,7-11H2,1,3H3;6H,4-5H2,1-3H3;1-2H3;1H. The Balaban J connectivity index is -0.000000188. The average Bonchev–Trinajstić information content (AvgIpc) is 2.54. The maximum atomic E-state index is 4.42. The summed E-state index contributed by atoms with van der Waals surface area (Å²) in [4.78, 5) is 4.42. The van der Waals surface area contributed by atoms with Gasteiger partial charge in [0.1, 0.15) is 0 Å². The zero-order valence-electron chi connectivity index (χ0n) is 17.7. The van der Waals surface area contributed by atoms with Crippen molar-refractivity contribution in [2.75, 3.05) is 0 Å². The molecule has 0 saturated heterocycles. The van der Waals surface area contributed by atoms with E-state index in [1.54, 1.807) is 0 Å². The summed E-state index contributed by atoms with van der Waals surface area (Å²) in [5.74, 6) is 1.43. The Kier molecular flexibility index (Phi) is 36.5. The van der Waals surface area contributed by atoms with E-state index in [4.69, 9.17) is 0 Å². The minimum atomic E-state index is 0. The van der Waals surface area contributed by atoms with E-state index < -0.39 is 0 Å². The second-order valence-electron chi connectivity index (χ2n) is 6.18. The molecule has 0 spiro atoms. The van der Waals surface area contributed by atoms with Gasteiger partial charge >= 0.3 is 0 Å². The SMILES string of the molecule is C=CCC(C=NC(=C)CCCCC)CC.CC.CCCC(C)C.I. The zero-order valence-corrected chi connectivity index (χ0v) is 20.1. The third kappa shape index (κ3) is 29.8. The van der Waals surface area contributed by atoms with Crippen molar-refractivity contribution in [3.8, 4) is 0 Å². The summed E-state index contributed by atoms with van der Waals surface area (Å²) in [7, 11) is 0. The van der Waals surface area contributed by atoms with Gasteiger partial charge in [-0.2, -0.15) is 0 Å². The van der Waals surface area contributed by atoms with Gasteiger partial charge in [0.15, 0.2) is 0 Å². The quantitative estimate of drug-likeness (QED) is 0.129. The van der Waals surface area contributed by atoms with E-state index in [0.717, 1.165) is 30.9 Å². The van der Waals surface area contributed by atoms with Crippen LogP contribution in [-0.2, 0) is 0 Å². The first-order valence-corrected chi connectivity index (χ1v) is 9.84. The first-order valence-electron chi connectivity index (χ1n) is 9.84. The maximum absolute atomic E-state index is 4.42. The topological polar surface area (TPSA) is 12.4 Å². The van der Waals surface area contributed by atoms with Gasteiger partial charge in [-0.25, -0.2) is 0 Å². The van der Waals surface area contributed by atoms with Crippen molar-refractivity contribution in [2.45, 2.75) is 99.8 Å². The smallest absolute Gasteiger partial charge is 0.0328 e. The number of halogens is 1. The van der Waals surface area contributed by atoms with Gasteiger partial charge in [0.05, 0.1) is 0 Å². The molecular weight excluding hydrogens is 405 g/mol. The van der Waals surface area contributed by atoms with Gasteiger partial charge in [0.2, 0.25) is 0 Å². The lowest BCUT2D eigenvalue weighted by molar-refractivity contribution is 0.576. The Bertz CT molecular complexity index is 269. The van der Waals surface area contributed by atoms with Crippen LogP contribution in [0.4, 0.5) is 0 Å². The lowest BCUT2D eigenvalue weighted by atomic mass is 10.0. The Morgan fingerprint density at radius 2 is 1.62 bits per heavy atom. The van der Waals surface area contributed by atoms with Gasteiger partial charge in [-0.1, -0.05) is 86.8 Å². The number of hydrogen-bond donors (Lipinski definition) is 0. The summed E-state index contributed by atoms with van der Waals surface area (Å²) in [6.07, 6.45) is 13.6. The molecule has 0 fully saturated rings. The fourth-order valence-corrected chi connectivity index (χ4v) is 1.98. The molecule has 0 aromatic heterocycles. The summed E-state index contributed by atoms with van der Waals surface area (Å²) in [6.45, 7) is 22.8.